The van der Waals surface area contributed by atoms with Gasteiger partial charge in [-0.1, -0.05) is 11.6 Å². The summed E-state index contributed by atoms with van der Waals surface area (Å²) in [5.41, 5.74) is 1.34. The summed E-state index contributed by atoms with van der Waals surface area (Å²) in [6.07, 6.45) is 0. The van der Waals surface area contributed by atoms with Crippen LogP contribution < -0.4 is 10.1 Å². The molecule has 0 saturated carbocycles. The number of hydrogen-bond acceptors (Lipinski definition) is 4. The third-order valence-corrected chi connectivity index (χ3v) is 2.22. The average molecular weight is 237 g/mol. The molecule has 1 amide bonds. The molecule has 5 nitrogen and oxygen atoms in total. The number of methoxy groups -OCH3 is 2. The summed E-state index contributed by atoms with van der Waals surface area (Å²) in [5.74, 6) is -0.390. The Balaban J connectivity index is 2.80. The molecule has 1 N–H and O–H groups in total. The van der Waals surface area contributed by atoms with Gasteiger partial charge in [0.05, 0.1) is 19.8 Å². The Bertz CT molecular complexity index is 429. The molecule has 5 heteroatoms. The van der Waals surface area contributed by atoms with E-state index in [0.717, 1.165) is 5.56 Å². The largest absolute Gasteiger partial charge is 0.496 e. The first-order chi connectivity index (χ1) is 8.08. The predicted molar refractivity (Wildman–Crippen MR) is 62.1 cm³/mol. The molecule has 1 aromatic carbocycles. The highest BCUT2D eigenvalue weighted by atomic mass is 16.5. The van der Waals surface area contributed by atoms with Crippen LogP contribution in [0, 0.1) is 6.92 Å². The van der Waals surface area contributed by atoms with Crippen molar-refractivity contribution < 1.29 is 19.1 Å². The van der Waals surface area contributed by atoms with Gasteiger partial charge in [-0.2, -0.15) is 0 Å². The van der Waals surface area contributed by atoms with Gasteiger partial charge in [0.1, 0.15) is 12.3 Å². The van der Waals surface area contributed by atoms with E-state index in [0.29, 0.717) is 11.3 Å². The Hall–Kier alpha value is -2.04. The maximum absolute atomic E-state index is 11.8. The first kappa shape index (κ1) is 13.0. The van der Waals surface area contributed by atoms with Gasteiger partial charge in [-0.3, -0.25) is 9.59 Å². The lowest BCUT2D eigenvalue weighted by Gasteiger charge is -2.09. The number of aryl methyl sites for hydroxylation is 1. The van der Waals surface area contributed by atoms with Crippen LogP contribution in [0.5, 0.6) is 5.75 Å². The molecule has 1 aromatic rings. The lowest BCUT2D eigenvalue weighted by atomic mass is 10.1. The highest BCUT2D eigenvalue weighted by Gasteiger charge is 2.13. The quantitative estimate of drug-likeness (QED) is 0.790. The molecule has 0 radical (unpaired) electrons. The molecule has 0 heterocycles. The van der Waals surface area contributed by atoms with Gasteiger partial charge < -0.3 is 14.8 Å². The molecule has 0 aliphatic heterocycles. The lowest BCUT2D eigenvalue weighted by molar-refractivity contribution is -0.139. The van der Waals surface area contributed by atoms with Crippen molar-refractivity contribution in [3.63, 3.8) is 0 Å². The number of carbonyl (C=O) groups excluding carboxylic acids is 2. The third kappa shape index (κ3) is 3.48. The number of benzene rings is 1. The predicted octanol–water partition coefficient (Wildman–Crippen LogP) is 0.906. The number of nitrogens with one attached hydrogen (secondary N) is 1. The van der Waals surface area contributed by atoms with Crippen molar-refractivity contribution in [3.8, 4) is 5.75 Å². The molecule has 0 aliphatic carbocycles. The first-order valence-corrected chi connectivity index (χ1v) is 5.08. The normalized spacial score (nSPS) is 9.59. The molecule has 0 spiro atoms. The molecule has 0 saturated heterocycles. The van der Waals surface area contributed by atoms with Crippen LogP contribution >= 0.6 is 0 Å². The molecular weight excluding hydrogens is 222 g/mol. The van der Waals surface area contributed by atoms with Gasteiger partial charge >= 0.3 is 5.97 Å². The zero-order valence-electron chi connectivity index (χ0n) is 10.1. The molecule has 0 aromatic heterocycles. The van der Waals surface area contributed by atoms with Crippen LogP contribution in [-0.4, -0.2) is 32.6 Å². The van der Waals surface area contributed by atoms with Crippen LogP contribution in [0.2, 0.25) is 0 Å². The SMILES string of the molecule is COC(=O)CNC(=O)c1cc(C)ccc1OC. The Morgan fingerprint density at radius 3 is 2.59 bits per heavy atom. The van der Waals surface area contributed by atoms with E-state index in [1.165, 1.54) is 14.2 Å². The summed E-state index contributed by atoms with van der Waals surface area (Å²) in [4.78, 5) is 22.7. The Kier molecular flexibility index (Phi) is 4.51. The van der Waals surface area contributed by atoms with E-state index in [1.807, 2.05) is 13.0 Å². The van der Waals surface area contributed by atoms with E-state index in [9.17, 15) is 9.59 Å². The molecule has 0 bridgehead atoms. The molecule has 17 heavy (non-hydrogen) atoms. The number of hydrogen-bond donors (Lipinski definition) is 1. The Labute approximate surface area is 99.7 Å². The van der Waals surface area contributed by atoms with E-state index in [2.05, 4.69) is 10.1 Å². The van der Waals surface area contributed by atoms with E-state index >= 15 is 0 Å². The molecule has 0 aliphatic rings. The average Bonchev–Trinajstić information content (AvgIpc) is 2.35. The first-order valence-electron chi connectivity index (χ1n) is 5.08. The summed E-state index contributed by atoms with van der Waals surface area (Å²) in [7, 11) is 2.75. The Morgan fingerprint density at radius 1 is 1.29 bits per heavy atom. The third-order valence-electron chi connectivity index (χ3n) is 2.22. The monoisotopic (exact) mass is 237 g/mol. The van der Waals surface area contributed by atoms with Gasteiger partial charge in [0, 0.05) is 0 Å². The molecular formula is C12H15NO4. The zero-order chi connectivity index (χ0) is 12.8. The van der Waals surface area contributed by atoms with Gasteiger partial charge in [0.2, 0.25) is 0 Å². The summed E-state index contributed by atoms with van der Waals surface area (Å²) in [5, 5.41) is 2.46. The van der Waals surface area contributed by atoms with E-state index in [-0.39, 0.29) is 12.5 Å². The van der Waals surface area contributed by atoms with Gasteiger partial charge in [-0.15, -0.1) is 0 Å². The molecule has 1 rings (SSSR count). The fourth-order valence-corrected chi connectivity index (χ4v) is 1.32. The van der Waals surface area contributed by atoms with Crippen molar-refractivity contribution in [2.24, 2.45) is 0 Å². The van der Waals surface area contributed by atoms with Crippen molar-refractivity contribution in [1.29, 1.82) is 0 Å². The second-order valence-corrected chi connectivity index (χ2v) is 3.46. The zero-order valence-corrected chi connectivity index (χ0v) is 10.1. The van der Waals surface area contributed by atoms with Gasteiger partial charge in [0.15, 0.2) is 0 Å². The maximum Gasteiger partial charge on any atom is 0.325 e. The van der Waals surface area contributed by atoms with Crippen molar-refractivity contribution in [3.05, 3.63) is 29.3 Å². The van der Waals surface area contributed by atoms with Crippen molar-refractivity contribution in [1.82, 2.24) is 5.32 Å². The van der Waals surface area contributed by atoms with Crippen LogP contribution in [0.15, 0.2) is 18.2 Å². The highest BCUT2D eigenvalue weighted by Crippen LogP contribution is 2.19. The Morgan fingerprint density at radius 2 is 2.00 bits per heavy atom. The van der Waals surface area contributed by atoms with Crippen LogP contribution in [0.4, 0.5) is 0 Å². The van der Waals surface area contributed by atoms with Gasteiger partial charge in [0.25, 0.3) is 5.91 Å². The van der Waals surface area contributed by atoms with Gasteiger partial charge in [-0.25, -0.2) is 0 Å². The second-order valence-electron chi connectivity index (χ2n) is 3.46. The van der Waals surface area contributed by atoms with Crippen molar-refractivity contribution in [2.75, 3.05) is 20.8 Å². The number of amides is 1. The summed E-state index contributed by atoms with van der Waals surface area (Å²) in [6, 6.07) is 5.25. The van der Waals surface area contributed by atoms with Crippen LogP contribution in [0.25, 0.3) is 0 Å². The lowest BCUT2D eigenvalue weighted by Crippen LogP contribution is -2.30. The molecule has 92 valence electrons. The van der Waals surface area contributed by atoms with Gasteiger partial charge in [-0.05, 0) is 19.1 Å². The number of rotatable bonds is 4. The van der Waals surface area contributed by atoms with Crippen LogP contribution in [-0.2, 0) is 9.53 Å². The smallest absolute Gasteiger partial charge is 0.325 e. The second kappa shape index (κ2) is 5.89. The molecule has 0 unspecified atom stereocenters. The van der Waals surface area contributed by atoms with E-state index < -0.39 is 5.97 Å². The molecule has 0 fully saturated rings. The van der Waals surface area contributed by atoms with E-state index in [4.69, 9.17) is 4.74 Å². The van der Waals surface area contributed by atoms with Crippen LogP contribution in [0.1, 0.15) is 15.9 Å². The maximum atomic E-state index is 11.8. The standard InChI is InChI=1S/C12H15NO4/c1-8-4-5-10(16-2)9(6-8)12(15)13-7-11(14)17-3/h4-6H,7H2,1-3H3,(H,13,15). The topological polar surface area (TPSA) is 64.6 Å². The van der Waals surface area contributed by atoms with Crippen molar-refractivity contribution >= 4 is 11.9 Å². The fraction of sp³-hybridized carbons (Fsp3) is 0.333. The summed E-state index contributed by atoms with van der Waals surface area (Å²) in [6.45, 7) is 1.71. The molecule has 0 atom stereocenters. The minimum Gasteiger partial charge on any atom is -0.496 e. The minimum atomic E-state index is -0.495. The highest BCUT2D eigenvalue weighted by molar-refractivity contribution is 5.98. The number of esters is 1. The summed E-state index contributed by atoms with van der Waals surface area (Å²) < 4.78 is 9.51. The van der Waals surface area contributed by atoms with Crippen LogP contribution in [0.3, 0.4) is 0 Å². The number of carbonyl (C=O) groups is 2. The minimum absolute atomic E-state index is 0.160. The summed E-state index contributed by atoms with van der Waals surface area (Å²) >= 11 is 0. The van der Waals surface area contributed by atoms with E-state index in [1.54, 1.807) is 12.1 Å². The van der Waals surface area contributed by atoms with Crippen molar-refractivity contribution in [2.45, 2.75) is 6.92 Å². The fourth-order valence-electron chi connectivity index (χ4n) is 1.32. The number of ether oxygens (including phenoxy) is 2.